The number of alkyl halides is 17. The lowest BCUT2D eigenvalue weighted by Gasteiger charge is -2.42. The first-order valence-corrected chi connectivity index (χ1v) is 10.2. The van der Waals surface area contributed by atoms with E-state index in [0.717, 1.165) is 0 Å². The molecule has 1 saturated carbocycles. The minimum atomic E-state index is -8.89. The number of nitrogens with one attached hydrogen (secondary N) is 1. The van der Waals surface area contributed by atoms with Gasteiger partial charge in [0.25, 0.3) is 10.0 Å². The van der Waals surface area contributed by atoms with Crippen molar-refractivity contribution in [3.05, 3.63) is 0 Å². The average Bonchev–Trinajstić information content (AvgIpc) is 2.67. The highest BCUT2D eigenvalue weighted by atomic mass is 32.2. The highest BCUT2D eigenvalue weighted by molar-refractivity contribution is 7.90. The van der Waals surface area contributed by atoms with Crippen LogP contribution in [0.1, 0.15) is 25.7 Å². The van der Waals surface area contributed by atoms with Gasteiger partial charge in [0.05, 0.1) is 6.04 Å². The monoisotopic (exact) mass is 595 g/mol. The Morgan fingerprint density at radius 2 is 0.944 bits per heavy atom. The van der Waals surface area contributed by atoms with Crippen LogP contribution in [0.25, 0.3) is 0 Å². The molecule has 22 heteroatoms. The first-order valence-electron chi connectivity index (χ1n) is 8.75. The van der Waals surface area contributed by atoms with Crippen LogP contribution in [-0.4, -0.2) is 67.2 Å². The van der Waals surface area contributed by atoms with Crippen LogP contribution in [-0.2, 0) is 14.8 Å². The molecule has 4 nitrogen and oxygen atoms in total. The second-order valence-electron chi connectivity index (χ2n) is 7.35. The smallest absolute Gasteiger partial charge is 0.298 e. The van der Waals surface area contributed by atoms with Crippen molar-refractivity contribution in [2.24, 2.45) is 0 Å². The summed E-state index contributed by atoms with van der Waals surface area (Å²) >= 11 is 0. The van der Waals surface area contributed by atoms with Crippen LogP contribution in [0, 0.1) is 0 Å². The molecule has 1 fully saturated rings. The maximum Gasteiger partial charge on any atom is 0.460 e. The largest absolute Gasteiger partial charge is 0.460 e. The van der Waals surface area contributed by atoms with Gasteiger partial charge in [-0.05, 0) is 12.8 Å². The van der Waals surface area contributed by atoms with Gasteiger partial charge in [-0.3, -0.25) is 4.79 Å². The number of Topliss-reactive ketones (excluding diaryl/α,β-unsaturated/α-hetero) is 1. The fraction of sp³-hybridized carbons (Fsp3) is 0.929. The van der Waals surface area contributed by atoms with Gasteiger partial charge in [0.2, 0.25) is 0 Å². The Morgan fingerprint density at radius 1 is 0.583 bits per heavy atom. The van der Waals surface area contributed by atoms with E-state index in [9.17, 15) is 87.8 Å². The molecule has 1 atom stereocenters. The van der Waals surface area contributed by atoms with Gasteiger partial charge in [0, 0.05) is 6.42 Å². The quantitative estimate of drug-likeness (QED) is 0.364. The summed E-state index contributed by atoms with van der Waals surface area (Å²) < 4.78 is 248. The Kier molecular flexibility index (Phi) is 7.85. The predicted octanol–water partition coefficient (Wildman–Crippen LogP) is 5.38. The first kappa shape index (κ1) is 32.4. The van der Waals surface area contributed by atoms with Gasteiger partial charge in [-0.1, -0.05) is 6.42 Å². The standard InChI is InChI=1S/C14H10F17NO3S/c15-7(16,9(19,20)11(23,24)13(27,28)29)8(17,18)10(21,22)12(25,26)14(30,31)36(34,35)32-5-3-1-2-4-6(5)33/h5,32H,1-4H2. The maximum atomic E-state index is 13.9. The minimum Gasteiger partial charge on any atom is -0.298 e. The zero-order valence-electron chi connectivity index (χ0n) is 16.5. The van der Waals surface area contributed by atoms with Crippen LogP contribution >= 0.6 is 0 Å². The van der Waals surface area contributed by atoms with E-state index in [2.05, 4.69) is 0 Å². The van der Waals surface area contributed by atoms with Gasteiger partial charge in [0.1, 0.15) is 0 Å². The van der Waals surface area contributed by atoms with Crippen LogP contribution in [0.3, 0.4) is 0 Å². The minimum absolute atomic E-state index is 0.000237. The Morgan fingerprint density at radius 3 is 1.31 bits per heavy atom. The fourth-order valence-corrected chi connectivity index (χ4v) is 3.92. The molecule has 0 aromatic rings. The number of sulfonamides is 1. The molecule has 1 aliphatic carbocycles. The molecule has 1 aliphatic rings. The number of rotatable bonds is 9. The number of hydrogen-bond donors (Lipinski definition) is 1. The molecular weight excluding hydrogens is 585 g/mol. The van der Waals surface area contributed by atoms with Crippen molar-refractivity contribution < 1.29 is 87.8 Å². The van der Waals surface area contributed by atoms with E-state index in [1.165, 1.54) is 0 Å². The van der Waals surface area contributed by atoms with E-state index in [1.807, 2.05) is 0 Å². The highest BCUT2D eigenvalue weighted by Crippen LogP contribution is 2.64. The van der Waals surface area contributed by atoms with Gasteiger partial charge in [0.15, 0.2) is 5.78 Å². The van der Waals surface area contributed by atoms with E-state index in [1.54, 1.807) is 0 Å². The van der Waals surface area contributed by atoms with E-state index < -0.39 is 81.7 Å². The van der Waals surface area contributed by atoms with Crippen molar-refractivity contribution in [1.82, 2.24) is 4.72 Å². The van der Waals surface area contributed by atoms with E-state index in [-0.39, 0.29) is 12.8 Å². The van der Waals surface area contributed by atoms with Gasteiger partial charge in [-0.25, -0.2) is 8.42 Å². The van der Waals surface area contributed by atoms with Gasteiger partial charge in [-0.15, -0.1) is 0 Å². The van der Waals surface area contributed by atoms with Gasteiger partial charge in [-0.2, -0.15) is 79.4 Å². The third-order valence-electron chi connectivity index (χ3n) is 4.88. The van der Waals surface area contributed by atoms with Gasteiger partial charge < -0.3 is 0 Å². The molecule has 36 heavy (non-hydrogen) atoms. The van der Waals surface area contributed by atoms with Crippen LogP contribution in [0.5, 0.6) is 0 Å². The number of carbonyl (C=O) groups excluding carboxylic acids is 1. The Hall–Kier alpha value is -1.61. The molecule has 0 amide bonds. The summed E-state index contributed by atoms with van der Waals surface area (Å²) in [5.41, 5.74) is 0. The number of hydrogen-bond acceptors (Lipinski definition) is 3. The summed E-state index contributed by atoms with van der Waals surface area (Å²) in [6, 6.07) is -2.34. The van der Waals surface area contributed by atoms with Crippen molar-refractivity contribution in [1.29, 1.82) is 0 Å². The number of ketones is 1. The zero-order chi connectivity index (χ0) is 29.2. The van der Waals surface area contributed by atoms with Crippen LogP contribution in [0.15, 0.2) is 0 Å². The van der Waals surface area contributed by atoms with Crippen molar-refractivity contribution in [3.63, 3.8) is 0 Å². The number of carbonyl (C=O) groups is 1. The van der Waals surface area contributed by atoms with Crippen molar-refractivity contribution in [2.75, 3.05) is 0 Å². The van der Waals surface area contributed by atoms with Crippen LogP contribution in [0.4, 0.5) is 74.6 Å². The van der Waals surface area contributed by atoms with E-state index in [4.69, 9.17) is 0 Å². The van der Waals surface area contributed by atoms with Crippen molar-refractivity contribution >= 4 is 15.8 Å². The SMILES string of the molecule is O=C1CCCCC1NS(=O)(=O)C(F)(F)C(F)(F)C(F)(F)C(F)(F)C(F)(F)C(F)(F)C(F)(F)C(F)(F)F. The zero-order valence-corrected chi connectivity index (χ0v) is 17.3. The maximum absolute atomic E-state index is 13.9. The molecule has 0 saturated heterocycles. The molecule has 1 unspecified atom stereocenters. The number of halogens is 17. The third kappa shape index (κ3) is 4.28. The normalized spacial score (nSPS) is 20.6. The topological polar surface area (TPSA) is 63.2 Å². The summed E-state index contributed by atoms with van der Waals surface area (Å²) in [4.78, 5) is 11.4. The average molecular weight is 595 g/mol. The molecular formula is C14H10F17NO3S. The van der Waals surface area contributed by atoms with E-state index in [0.29, 0.717) is 4.72 Å². The van der Waals surface area contributed by atoms with Gasteiger partial charge >= 0.3 is 47.0 Å². The summed E-state index contributed by atoms with van der Waals surface area (Å²) in [6.45, 7) is 0. The summed E-state index contributed by atoms with van der Waals surface area (Å²) in [5.74, 6) is -53.2. The summed E-state index contributed by atoms with van der Waals surface area (Å²) in [6.07, 6.45) is -9.37. The molecule has 0 aromatic heterocycles. The highest BCUT2D eigenvalue weighted by Gasteiger charge is 2.96. The van der Waals surface area contributed by atoms with Crippen molar-refractivity contribution in [3.8, 4) is 0 Å². The summed E-state index contributed by atoms with van der Waals surface area (Å²) in [5, 5.41) is -7.66. The van der Waals surface area contributed by atoms with Crippen LogP contribution in [0.2, 0.25) is 0 Å². The van der Waals surface area contributed by atoms with E-state index >= 15 is 0 Å². The molecule has 0 spiro atoms. The third-order valence-corrected chi connectivity index (χ3v) is 6.41. The molecule has 214 valence electrons. The molecule has 0 aliphatic heterocycles. The molecule has 1 N–H and O–H groups in total. The lowest BCUT2D eigenvalue weighted by atomic mass is 9.91. The first-order chi connectivity index (χ1) is 15.5. The lowest BCUT2D eigenvalue weighted by Crippen LogP contribution is -2.75. The predicted molar refractivity (Wildman–Crippen MR) is 80.0 cm³/mol. The molecule has 0 radical (unpaired) electrons. The Balaban J connectivity index is 3.63. The van der Waals surface area contributed by atoms with Crippen molar-refractivity contribution in [2.45, 2.75) is 78.7 Å². The summed E-state index contributed by atoms with van der Waals surface area (Å²) in [7, 11) is -7.45. The molecule has 1 rings (SSSR count). The Bertz CT molecular complexity index is 956. The Labute approximate surface area is 188 Å². The molecule has 0 heterocycles. The second-order valence-corrected chi connectivity index (χ2v) is 9.10. The van der Waals surface area contributed by atoms with Crippen LogP contribution < -0.4 is 4.72 Å². The lowest BCUT2D eigenvalue weighted by molar-refractivity contribution is -0.458. The molecule has 0 bridgehead atoms. The fourth-order valence-electron chi connectivity index (χ4n) is 2.69. The second kappa shape index (κ2) is 8.72. The molecule has 0 aromatic carbocycles.